The molecular weight excluding hydrogens is 182 g/mol. The van der Waals surface area contributed by atoms with Gasteiger partial charge in [-0.3, -0.25) is 4.79 Å². The summed E-state index contributed by atoms with van der Waals surface area (Å²) >= 11 is 0. The van der Waals surface area contributed by atoms with Gasteiger partial charge in [-0.2, -0.15) is 0 Å². The van der Waals surface area contributed by atoms with Crippen molar-refractivity contribution in [3.63, 3.8) is 0 Å². The smallest absolute Gasteiger partial charge is 0.243 e. The van der Waals surface area contributed by atoms with Crippen LogP contribution in [0.15, 0.2) is 0 Å². The van der Waals surface area contributed by atoms with Crippen molar-refractivity contribution < 1.29 is 17.9 Å². The molecule has 1 rings (SSSR count). The Morgan fingerprint density at radius 3 is 2.25 bits per heavy atom. The van der Waals surface area contributed by atoms with Crippen molar-refractivity contribution in [1.82, 2.24) is 4.31 Å². The summed E-state index contributed by atoms with van der Waals surface area (Å²) in [6.07, 6.45) is 1.00. The van der Waals surface area contributed by atoms with E-state index in [-0.39, 0.29) is 11.8 Å². The van der Waals surface area contributed by atoms with Crippen LogP contribution in [0.25, 0.3) is 0 Å². The Morgan fingerprint density at radius 2 is 2.00 bits per heavy atom. The minimum atomic E-state index is -3.40. The van der Waals surface area contributed by atoms with Gasteiger partial charge in [-0.15, -0.1) is 0 Å². The van der Waals surface area contributed by atoms with Gasteiger partial charge < -0.3 is 4.74 Å². The number of amides is 1. The summed E-state index contributed by atoms with van der Waals surface area (Å²) in [5.41, 5.74) is 0. The first-order valence-corrected chi connectivity index (χ1v) is 5.33. The molecule has 70 valence electrons. The molecule has 5 nitrogen and oxygen atoms in total. The molecule has 0 aromatic rings. The van der Waals surface area contributed by atoms with Gasteiger partial charge >= 0.3 is 0 Å². The summed E-state index contributed by atoms with van der Waals surface area (Å²) < 4.78 is 27.3. The van der Waals surface area contributed by atoms with Gasteiger partial charge in [-0.1, -0.05) is 0 Å². The van der Waals surface area contributed by atoms with Gasteiger partial charge in [-0.05, 0) is 0 Å². The number of carbonyl (C=O) groups is 1. The Kier molecular flexibility index (Phi) is 2.39. The van der Waals surface area contributed by atoms with Crippen molar-refractivity contribution in [3.8, 4) is 0 Å². The molecule has 1 heterocycles. The van der Waals surface area contributed by atoms with Gasteiger partial charge in [0.05, 0.1) is 25.4 Å². The first-order chi connectivity index (χ1) is 5.43. The van der Waals surface area contributed by atoms with E-state index in [1.54, 1.807) is 0 Å². The molecule has 12 heavy (non-hydrogen) atoms. The van der Waals surface area contributed by atoms with Crippen LogP contribution < -0.4 is 0 Å². The Bertz CT molecular complexity index is 280. The number of hydrogen-bond acceptors (Lipinski definition) is 4. The maximum Gasteiger partial charge on any atom is 0.243 e. The summed E-state index contributed by atoms with van der Waals surface area (Å²) in [7, 11) is -2.14. The zero-order valence-corrected chi connectivity index (χ0v) is 7.80. The van der Waals surface area contributed by atoms with Crippen molar-refractivity contribution in [2.24, 2.45) is 5.92 Å². The fourth-order valence-electron chi connectivity index (χ4n) is 0.799. The molecule has 0 aliphatic carbocycles. The third kappa shape index (κ3) is 1.75. The number of ether oxygens (including phenoxy) is 1. The maximum atomic E-state index is 11.2. The predicted molar refractivity (Wildman–Crippen MR) is 41.9 cm³/mol. The average molecular weight is 193 g/mol. The summed E-state index contributed by atoms with van der Waals surface area (Å²) in [4.78, 5) is 11.2. The van der Waals surface area contributed by atoms with E-state index in [1.807, 2.05) is 0 Å². The first kappa shape index (κ1) is 9.47. The minimum Gasteiger partial charge on any atom is -0.380 e. The lowest BCUT2D eigenvalue weighted by Crippen LogP contribution is -2.45. The van der Waals surface area contributed by atoms with Crippen LogP contribution in [-0.4, -0.2) is 45.1 Å². The SMILES string of the molecule is CN(C(=O)C1COC1)S(C)(=O)=O. The molecule has 0 saturated carbocycles. The molecule has 0 unspecified atom stereocenters. The molecule has 0 N–H and O–H groups in total. The zero-order valence-electron chi connectivity index (χ0n) is 6.98. The molecule has 0 aromatic heterocycles. The first-order valence-electron chi connectivity index (χ1n) is 3.48. The van der Waals surface area contributed by atoms with E-state index in [4.69, 9.17) is 4.74 Å². The van der Waals surface area contributed by atoms with E-state index in [1.165, 1.54) is 7.05 Å². The molecule has 0 atom stereocenters. The summed E-state index contributed by atoms with van der Waals surface area (Å²) in [5.74, 6) is -0.659. The van der Waals surface area contributed by atoms with E-state index in [9.17, 15) is 13.2 Å². The van der Waals surface area contributed by atoms with Gasteiger partial charge in [0, 0.05) is 7.05 Å². The zero-order chi connectivity index (χ0) is 9.35. The lowest BCUT2D eigenvalue weighted by Gasteiger charge is -2.28. The average Bonchev–Trinajstić information content (AvgIpc) is 1.79. The third-order valence-corrected chi connectivity index (χ3v) is 2.97. The monoisotopic (exact) mass is 193 g/mol. The minimum absolute atomic E-state index is 0.273. The topological polar surface area (TPSA) is 63.7 Å². The number of rotatable bonds is 2. The maximum absolute atomic E-state index is 11.2. The van der Waals surface area contributed by atoms with Crippen molar-refractivity contribution >= 4 is 15.9 Å². The lowest BCUT2D eigenvalue weighted by atomic mass is 10.1. The van der Waals surface area contributed by atoms with E-state index in [0.717, 1.165) is 10.6 Å². The molecular formula is C6H11NO4S. The van der Waals surface area contributed by atoms with Gasteiger partial charge in [0.2, 0.25) is 15.9 Å². The number of hydrogen-bond donors (Lipinski definition) is 0. The Hall–Kier alpha value is -0.620. The predicted octanol–water partition coefficient (Wildman–Crippen LogP) is -0.949. The van der Waals surface area contributed by atoms with Crippen LogP contribution in [0.3, 0.4) is 0 Å². The molecule has 0 aromatic carbocycles. The number of sulfonamides is 1. The van der Waals surface area contributed by atoms with Gasteiger partial charge in [-0.25, -0.2) is 12.7 Å². The van der Waals surface area contributed by atoms with Crippen molar-refractivity contribution in [1.29, 1.82) is 0 Å². The lowest BCUT2D eigenvalue weighted by molar-refractivity contribution is -0.143. The van der Waals surface area contributed by atoms with Crippen LogP contribution in [0, 0.1) is 5.92 Å². The van der Waals surface area contributed by atoms with Crippen molar-refractivity contribution in [3.05, 3.63) is 0 Å². The number of carbonyl (C=O) groups excluding carboxylic acids is 1. The van der Waals surface area contributed by atoms with E-state index < -0.39 is 10.0 Å². The van der Waals surface area contributed by atoms with Crippen LogP contribution in [0.1, 0.15) is 0 Å². The standard InChI is InChI=1S/C6H11NO4S/c1-7(12(2,9)10)6(8)5-3-11-4-5/h5H,3-4H2,1-2H3. The fourth-order valence-corrected chi connectivity index (χ4v) is 1.27. The van der Waals surface area contributed by atoms with Gasteiger partial charge in [0.1, 0.15) is 0 Å². The second kappa shape index (κ2) is 3.02. The Labute approximate surface area is 71.4 Å². The molecule has 1 fully saturated rings. The molecule has 0 bridgehead atoms. The molecule has 1 amide bonds. The summed E-state index contributed by atoms with van der Waals surface area (Å²) in [6.45, 7) is 0.664. The highest BCUT2D eigenvalue weighted by Gasteiger charge is 2.32. The van der Waals surface area contributed by atoms with Crippen molar-refractivity contribution in [2.75, 3.05) is 26.5 Å². The fraction of sp³-hybridized carbons (Fsp3) is 0.833. The highest BCUT2D eigenvalue weighted by atomic mass is 32.2. The highest BCUT2D eigenvalue weighted by Crippen LogP contribution is 2.13. The summed E-state index contributed by atoms with van der Waals surface area (Å²) in [6, 6.07) is 0. The quantitative estimate of drug-likeness (QED) is 0.567. The van der Waals surface area contributed by atoms with Crippen molar-refractivity contribution in [2.45, 2.75) is 0 Å². The largest absolute Gasteiger partial charge is 0.380 e. The molecule has 6 heteroatoms. The van der Waals surface area contributed by atoms with Gasteiger partial charge in [0.15, 0.2) is 0 Å². The normalized spacial score (nSPS) is 18.5. The Morgan fingerprint density at radius 1 is 1.50 bits per heavy atom. The summed E-state index contributed by atoms with van der Waals surface area (Å²) in [5, 5.41) is 0. The van der Waals surface area contributed by atoms with Crippen LogP contribution in [-0.2, 0) is 19.6 Å². The van der Waals surface area contributed by atoms with E-state index in [2.05, 4.69) is 0 Å². The molecule has 1 aliphatic heterocycles. The molecule has 1 saturated heterocycles. The second-order valence-electron chi connectivity index (χ2n) is 2.80. The highest BCUT2D eigenvalue weighted by molar-refractivity contribution is 7.88. The van der Waals surface area contributed by atoms with Crippen LogP contribution in [0.2, 0.25) is 0 Å². The Balaban J connectivity index is 2.64. The van der Waals surface area contributed by atoms with Crippen LogP contribution >= 0.6 is 0 Å². The molecule has 0 spiro atoms. The van der Waals surface area contributed by atoms with Gasteiger partial charge in [0.25, 0.3) is 0 Å². The van der Waals surface area contributed by atoms with Crippen LogP contribution in [0.5, 0.6) is 0 Å². The van der Waals surface area contributed by atoms with E-state index >= 15 is 0 Å². The van der Waals surface area contributed by atoms with Crippen LogP contribution in [0.4, 0.5) is 0 Å². The van der Waals surface area contributed by atoms with E-state index in [0.29, 0.717) is 13.2 Å². The molecule has 0 radical (unpaired) electrons. The third-order valence-electron chi connectivity index (χ3n) is 1.80. The molecule has 1 aliphatic rings. The number of nitrogens with zero attached hydrogens (tertiary/aromatic N) is 1. The second-order valence-corrected chi connectivity index (χ2v) is 4.82.